The van der Waals surface area contributed by atoms with Crippen molar-refractivity contribution < 1.29 is 50.9 Å². The molecule has 0 aliphatic carbocycles. The zero-order chi connectivity index (χ0) is 35.2. The standard InChI is InChI=1S/C25H28N6OS.2C2HF3O2/c26-13-21-12-19(6-7-24(21)20-4-2-1-3-5-20)16-30-10-8-22(9-11-30)29-28-15-25(32)31-18-33-17-23(31)14-27;2*3-2(4,5)1(6)7/h1-7,12,22-23,28-29H,8-11,15-18H2;2*(H,6,7). The summed E-state index contributed by atoms with van der Waals surface area (Å²) in [5.41, 5.74) is 10.2. The quantitative estimate of drug-likeness (QED) is 0.245. The summed E-state index contributed by atoms with van der Waals surface area (Å²) in [7, 11) is 0. The number of alkyl halides is 6. The van der Waals surface area contributed by atoms with Gasteiger partial charge >= 0.3 is 24.3 Å². The Morgan fingerprint density at radius 2 is 1.51 bits per heavy atom. The molecule has 0 aromatic heterocycles. The first-order valence-corrected chi connectivity index (χ1v) is 14.9. The Morgan fingerprint density at radius 3 is 2.02 bits per heavy atom. The molecular weight excluding hydrogens is 658 g/mol. The normalized spacial score (nSPS) is 16.9. The maximum Gasteiger partial charge on any atom is 0.490 e. The van der Waals surface area contributed by atoms with Crippen molar-refractivity contribution in [3.8, 4) is 23.3 Å². The minimum atomic E-state index is -5.08. The smallest absolute Gasteiger partial charge is 0.475 e. The van der Waals surface area contributed by atoms with E-state index in [4.69, 9.17) is 25.1 Å². The molecule has 4 rings (SSSR count). The monoisotopic (exact) mass is 688 g/mol. The van der Waals surface area contributed by atoms with E-state index in [0.717, 1.165) is 49.2 Å². The number of nitrogens with zero attached hydrogens (tertiary/aromatic N) is 4. The van der Waals surface area contributed by atoms with Gasteiger partial charge in [0.2, 0.25) is 5.91 Å². The molecule has 2 fully saturated rings. The number of carbonyl (C=O) groups excluding carboxylic acids is 1. The molecule has 0 saturated carbocycles. The van der Waals surface area contributed by atoms with Crippen LogP contribution in [-0.4, -0.2) is 93.6 Å². The van der Waals surface area contributed by atoms with Crippen LogP contribution in [0.4, 0.5) is 26.3 Å². The van der Waals surface area contributed by atoms with Gasteiger partial charge < -0.3 is 15.1 Å². The van der Waals surface area contributed by atoms with Crippen LogP contribution in [-0.2, 0) is 20.9 Å². The van der Waals surface area contributed by atoms with Crippen molar-refractivity contribution in [2.75, 3.05) is 31.3 Å². The van der Waals surface area contributed by atoms with E-state index in [1.165, 1.54) is 0 Å². The van der Waals surface area contributed by atoms with Crippen molar-refractivity contribution in [3.63, 3.8) is 0 Å². The highest BCUT2D eigenvalue weighted by Crippen LogP contribution is 2.25. The van der Waals surface area contributed by atoms with Crippen molar-refractivity contribution in [2.45, 2.75) is 43.8 Å². The van der Waals surface area contributed by atoms with Crippen LogP contribution in [0, 0.1) is 22.7 Å². The lowest BCUT2D eigenvalue weighted by Crippen LogP contribution is -2.51. The number of rotatable bonds is 7. The molecule has 0 bridgehead atoms. The van der Waals surface area contributed by atoms with Crippen LogP contribution in [0.25, 0.3) is 11.1 Å². The molecule has 254 valence electrons. The average Bonchev–Trinajstić information content (AvgIpc) is 3.51. The van der Waals surface area contributed by atoms with Crippen LogP contribution < -0.4 is 10.9 Å². The van der Waals surface area contributed by atoms with Gasteiger partial charge in [0.1, 0.15) is 6.04 Å². The number of amides is 1. The second-order valence-electron chi connectivity index (χ2n) is 10.0. The number of nitriles is 2. The lowest BCUT2D eigenvalue weighted by molar-refractivity contribution is -0.193. The second-order valence-corrected chi connectivity index (χ2v) is 11.0. The van der Waals surface area contributed by atoms with Gasteiger partial charge in [-0.15, -0.1) is 11.8 Å². The van der Waals surface area contributed by atoms with E-state index in [1.807, 2.05) is 42.5 Å². The molecule has 2 saturated heterocycles. The summed E-state index contributed by atoms with van der Waals surface area (Å²) in [5, 5.41) is 33.0. The fourth-order valence-corrected chi connectivity index (χ4v) is 5.42. The number of carbonyl (C=O) groups is 3. The molecule has 47 heavy (non-hydrogen) atoms. The van der Waals surface area contributed by atoms with Gasteiger partial charge in [-0.05, 0) is 35.6 Å². The minimum Gasteiger partial charge on any atom is -0.475 e. The Morgan fingerprint density at radius 1 is 0.936 bits per heavy atom. The molecule has 2 aliphatic rings. The first kappa shape index (κ1) is 38.8. The van der Waals surface area contributed by atoms with Gasteiger partial charge in [0, 0.05) is 31.4 Å². The second kappa shape index (κ2) is 18.1. The van der Waals surface area contributed by atoms with E-state index in [0.29, 0.717) is 23.2 Å². The molecule has 1 atom stereocenters. The van der Waals surface area contributed by atoms with Crippen LogP contribution in [0.2, 0.25) is 0 Å². The van der Waals surface area contributed by atoms with E-state index in [9.17, 15) is 36.4 Å². The zero-order valence-corrected chi connectivity index (χ0v) is 25.3. The number of benzene rings is 2. The van der Waals surface area contributed by atoms with Crippen LogP contribution in [0.15, 0.2) is 48.5 Å². The van der Waals surface area contributed by atoms with Crippen molar-refractivity contribution in [1.29, 1.82) is 10.5 Å². The number of hydrogen-bond donors (Lipinski definition) is 4. The molecular formula is C29H30F6N6O5S. The summed E-state index contributed by atoms with van der Waals surface area (Å²) in [6.45, 7) is 2.93. The summed E-state index contributed by atoms with van der Waals surface area (Å²) >= 11 is 1.62. The van der Waals surface area contributed by atoms with E-state index in [2.05, 4.69) is 34.0 Å². The molecule has 2 aromatic carbocycles. The highest BCUT2D eigenvalue weighted by molar-refractivity contribution is 7.99. The summed E-state index contributed by atoms with van der Waals surface area (Å²) < 4.78 is 63.5. The van der Waals surface area contributed by atoms with Gasteiger partial charge in [0.15, 0.2) is 0 Å². The predicted octanol–water partition coefficient (Wildman–Crippen LogP) is 3.98. The largest absolute Gasteiger partial charge is 0.490 e. The van der Waals surface area contributed by atoms with Gasteiger partial charge in [0.25, 0.3) is 0 Å². The number of nitrogens with one attached hydrogen (secondary N) is 2. The van der Waals surface area contributed by atoms with E-state index < -0.39 is 24.3 Å². The Bertz CT molecular complexity index is 1420. The number of piperidine rings is 1. The number of thioether (sulfide) groups is 1. The Hall–Kier alpha value is -4.36. The van der Waals surface area contributed by atoms with Crippen LogP contribution in [0.3, 0.4) is 0 Å². The van der Waals surface area contributed by atoms with Crippen LogP contribution in [0.5, 0.6) is 0 Å². The molecule has 0 radical (unpaired) electrons. The molecule has 1 unspecified atom stereocenters. The minimum absolute atomic E-state index is 0.0382. The average molecular weight is 689 g/mol. The SMILES string of the molecule is N#Cc1cc(CN2CCC(NNCC(=O)N3CSCC3C#N)CC2)ccc1-c1ccccc1.O=C(O)C(F)(F)F.O=C(O)C(F)(F)F. The highest BCUT2D eigenvalue weighted by Gasteiger charge is 2.39. The number of hydrazine groups is 1. The van der Waals surface area contributed by atoms with E-state index in [1.54, 1.807) is 16.7 Å². The molecule has 2 aliphatic heterocycles. The Balaban J connectivity index is 0.000000459. The number of halogens is 6. The van der Waals surface area contributed by atoms with Gasteiger partial charge in [-0.3, -0.25) is 15.1 Å². The van der Waals surface area contributed by atoms with Crippen LogP contribution in [0.1, 0.15) is 24.0 Å². The first-order chi connectivity index (χ1) is 22.1. The number of carboxylic acids is 2. The molecule has 18 heteroatoms. The molecule has 0 spiro atoms. The zero-order valence-electron chi connectivity index (χ0n) is 24.5. The van der Waals surface area contributed by atoms with Crippen molar-refractivity contribution in [2.24, 2.45) is 0 Å². The maximum absolute atomic E-state index is 12.3. The molecule has 1 amide bonds. The fourth-order valence-electron chi connectivity index (χ4n) is 4.31. The maximum atomic E-state index is 12.3. The number of hydrogen-bond acceptors (Lipinski definition) is 9. The van der Waals surface area contributed by atoms with Crippen LogP contribution >= 0.6 is 11.8 Å². The van der Waals surface area contributed by atoms with Gasteiger partial charge in [-0.25, -0.2) is 15.0 Å². The van der Waals surface area contributed by atoms with Crippen molar-refractivity contribution in [1.82, 2.24) is 20.7 Å². The molecule has 11 nitrogen and oxygen atoms in total. The van der Waals surface area contributed by atoms with E-state index in [-0.39, 0.29) is 18.5 Å². The molecule has 2 heterocycles. The predicted molar refractivity (Wildman–Crippen MR) is 157 cm³/mol. The van der Waals surface area contributed by atoms with Crippen molar-refractivity contribution >= 4 is 29.6 Å². The summed E-state index contributed by atoms with van der Waals surface area (Å²) in [4.78, 5) is 34.1. The number of carboxylic acid groups (broad SMARTS) is 2. The number of likely N-dealkylation sites (tertiary alicyclic amines) is 1. The third-order valence-electron chi connectivity index (χ3n) is 6.67. The van der Waals surface area contributed by atoms with Gasteiger partial charge in [0.05, 0.1) is 30.1 Å². The third kappa shape index (κ3) is 13.1. The summed E-state index contributed by atoms with van der Waals surface area (Å²) in [6.07, 6.45) is -8.20. The molecule has 4 N–H and O–H groups in total. The summed E-state index contributed by atoms with van der Waals surface area (Å²) in [6, 6.07) is 20.7. The fraction of sp³-hybridized carbons (Fsp3) is 0.414. The van der Waals surface area contributed by atoms with E-state index >= 15 is 0 Å². The lowest BCUT2D eigenvalue weighted by Gasteiger charge is -2.32. The number of aliphatic carboxylic acids is 2. The molecule has 2 aromatic rings. The highest BCUT2D eigenvalue weighted by atomic mass is 32.2. The van der Waals surface area contributed by atoms with Crippen molar-refractivity contribution in [3.05, 3.63) is 59.7 Å². The first-order valence-electron chi connectivity index (χ1n) is 13.7. The third-order valence-corrected chi connectivity index (χ3v) is 7.68. The van der Waals surface area contributed by atoms with Gasteiger partial charge in [-0.1, -0.05) is 42.5 Å². The Labute approximate surface area is 269 Å². The van der Waals surface area contributed by atoms with Gasteiger partial charge in [-0.2, -0.15) is 36.9 Å². The summed E-state index contributed by atoms with van der Waals surface area (Å²) in [5.74, 6) is -4.26. The Kier molecular flexibility index (Phi) is 15.0. The topological polar surface area (TPSA) is 170 Å². The lowest BCUT2D eigenvalue weighted by atomic mass is 9.97.